The fraction of sp³-hybridized carbons (Fsp3) is 0.467. The number of aliphatic carboxylic acids is 1. The number of carboxylic acids is 1. The van der Waals surface area contributed by atoms with Gasteiger partial charge in [-0.3, -0.25) is 9.59 Å². The average Bonchev–Trinajstić information content (AvgIpc) is 2.36. The van der Waals surface area contributed by atoms with Gasteiger partial charge in [-0.25, -0.2) is 0 Å². The molecule has 1 aliphatic heterocycles. The Morgan fingerprint density at radius 2 is 2.21 bits per heavy atom. The molecule has 1 atom stereocenters. The minimum atomic E-state index is -0.871. The second-order valence-corrected chi connectivity index (χ2v) is 5.23. The number of aryl methyl sites for hydroxylation is 1. The lowest BCUT2D eigenvalue weighted by molar-refractivity contribution is -0.138. The summed E-state index contributed by atoms with van der Waals surface area (Å²) in [4.78, 5) is 22.8. The van der Waals surface area contributed by atoms with Crippen molar-refractivity contribution in [3.05, 3.63) is 29.3 Å². The van der Waals surface area contributed by atoms with Gasteiger partial charge < -0.3 is 9.84 Å². The van der Waals surface area contributed by atoms with Crippen molar-refractivity contribution in [2.75, 3.05) is 0 Å². The number of hydrogen-bond donors (Lipinski definition) is 1. The van der Waals surface area contributed by atoms with Crippen LogP contribution in [0.2, 0.25) is 0 Å². The number of hydrogen-bond acceptors (Lipinski definition) is 3. The molecule has 4 heteroatoms. The van der Waals surface area contributed by atoms with E-state index in [4.69, 9.17) is 9.84 Å². The van der Waals surface area contributed by atoms with Crippen LogP contribution in [0, 0.1) is 0 Å². The first-order valence-corrected chi connectivity index (χ1v) is 6.50. The van der Waals surface area contributed by atoms with Crippen molar-refractivity contribution in [3.63, 3.8) is 0 Å². The Morgan fingerprint density at radius 3 is 2.84 bits per heavy atom. The zero-order valence-corrected chi connectivity index (χ0v) is 11.2. The van der Waals surface area contributed by atoms with Crippen LogP contribution >= 0.6 is 0 Å². The number of ketones is 1. The molecule has 2 rings (SSSR count). The van der Waals surface area contributed by atoms with Crippen LogP contribution in [-0.2, 0) is 11.2 Å². The SMILES string of the molecule is CCc1ccc2c(c1)C(=O)CC(C)(CCC(=O)O)O2. The predicted octanol–water partition coefficient (Wildman–Crippen LogP) is 2.84. The summed E-state index contributed by atoms with van der Waals surface area (Å²) in [6, 6.07) is 5.62. The molecule has 0 spiro atoms. The van der Waals surface area contributed by atoms with E-state index in [1.807, 2.05) is 25.1 Å². The lowest BCUT2D eigenvalue weighted by atomic mass is 9.87. The van der Waals surface area contributed by atoms with Crippen molar-refractivity contribution in [1.29, 1.82) is 0 Å². The zero-order chi connectivity index (χ0) is 14.0. The highest BCUT2D eigenvalue weighted by Gasteiger charge is 2.36. The van der Waals surface area contributed by atoms with Gasteiger partial charge in [0.1, 0.15) is 11.4 Å². The van der Waals surface area contributed by atoms with Crippen LogP contribution in [0.25, 0.3) is 0 Å². The van der Waals surface area contributed by atoms with Crippen LogP contribution in [0.3, 0.4) is 0 Å². The molecule has 0 saturated carbocycles. The molecule has 0 aromatic heterocycles. The van der Waals surface area contributed by atoms with Crippen LogP contribution < -0.4 is 4.74 Å². The molecule has 0 amide bonds. The monoisotopic (exact) mass is 262 g/mol. The van der Waals surface area contributed by atoms with E-state index in [1.165, 1.54) is 0 Å². The Labute approximate surface area is 112 Å². The first-order valence-electron chi connectivity index (χ1n) is 6.50. The smallest absolute Gasteiger partial charge is 0.303 e. The van der Waals surface area contributed by atoms with Gasteiger partial charge in [0.15, 0.2) is 5.78 Å². The van der Waals surface area contributed by atoms with Gasteiger partial charge >= 0.3 is 5.97 Å². The van der Waals surface area contributed by atoms with E-state index >= 15 is 0 Å². The van der Waals surface area contributed by atoms with E-state index in [0.29, 0.717) is 17.7 Å². The standard InChI is InChI=1S/C15H18O4/c1-3-10-4-5-13-11(8-10)12(16)9-15(2,19-13)7-6-14(17)18/h4-5,8H,3,6-7,9H2,1-2H3,(H,17,18). The minimum absolute atomic E-state index is 0.00611. The summed E-state index contributed by atoms with van der Waals surface area (Å²) >= 11 is 0. The van der Waals surface area contributed by atoms with Gasteiger partial charge in [0.05, 0.1) is 12.0 Å². The first kappa shape index (κ1) is 13.6. The van der Waals surface area contributed by atoms with Crippen LogP contribution in [0.1, 0.15) is 49.0 Å². The lowest BCUT2D eigenvalue weighted by Crippen LogP contribution is -2.39. The number of benzene rings is 1. The Hall–Kier alpha value is -1.84. The number of ether oxygens (including phenoxy) is 1. The third kappa shape index (κ3) is 2.95. The third-order valence-corrected chi connectivity index (χ3v) is 3.51. The van der Waals surface area contributed by atoms with Crippen molar-refractivity contribution in [1.82, 2.24) is 0 Å². The van der Waals surface area contributed by atoms with Crippen molar-refractivity contribution in [2.24, 2.45) is 0 Å². The minimum Gasteiger partial charge on any atom is -0.486 e. The molecule has 19 heavy (non-hydrogen) atoms. The molecule has 1 N–H and O–H groups in total. The quantitative estimate of drug-likeness (QED) is 0.906. The molecule has 1 heterocycles. The van der Waals surface area contributed by atoms with Crippen LogP contribution in [-0.4, -0.2) is 22.5 Å². The molecule has 4 nitrogen and oxygen atoms in total. The normalized spacial score (nSPS) is 21.7. The van der Waals surface area contributed by atoms with E-state index in [1.54, 1.807) is 6.92 Å². The fourth-order valence-electron chi connectivity index (χ4n) is 2.35. The van der Waals surface area contributed by atoms with Gasteiger partial charge in [0.25, 0.3) is 0 Å². The molecule has 0 fully saturated rings. The van der Waals surface area contributed by atoms with E-state index in [9.17, 15) is 9.59 Å². The highest BCUT2D eigenvalue weighted by molar-refractivity contribution is 6.00. The summed E-state index contributed by atoms with van der Waals surface area (Å²) in [7, 11) is 0. The van der Waals surface area contributed by atoms with Gasteiger partial charge in [-0.1, -0.05) is 13.0 Å². The summed E-state index contributed by atoms with van der Waals surface area (Å²) in [6.45, 7) is 3.83. The maximum absolute atomic E-state index is 12.2. The maximum Gasteiger partial charge on any atom is 0.303 e. The van der Waals surface area contributed by atoms with Gasteiger partial charge in [0.2, 0.25) is 0 Å². The Balaban J connectivity index is 2.24. The number of carbonyl (C=O) groups is 2. The second kappa shape index (κ2) is 5.03. The van der Waals surface area contributed by atoms with Crippen molar-refractivity contribution < 1.29 is 19.4 Å². The van der Waals surface area contributed by atoms with E-state index in [0.717, 1.165) is 12.0 Å². The molecule has 0 aliphatic carbocycles. The Bertz CT molecular complexity index is 521. The topological polar surface area (TPSA) is 63.6 Å². The van der Waals surface area contributed by atoms with E-state index in [2.05, 4.69) is 0 Å². The maximum atomic E-state index is 12.2. The number of rotatable bonds is 4. The molecule has 1 aromatic carbocycles. The molecular weight excluding hydrogens is 244 g/mol. The second-order valence-electron chi connectivity index (χ2n) is 5.23. The number of carboxylic acid groups (broad SMARTS) is 1. The van der Waals surface area contributed by atoms with Crippen LogP contribution in [0.4, 0.5) is 0 Å². The summed E-state index contributed by atoms with van der Waals surface area (Å²) in [5.74, 6) is -0.268. The van der Waals surface area contributed by atoms with Crippen LogP contribution in [0.15, 0.2) is 18.2 Å². The molecule has 1 aromatic rings. The highest BCUT2D eigenvalue weighted by Crippen LogP contribution is 2.36. The highest BCUT2D eigenvalue weighted by atomic mass is 16.5. The fourth-order valence-corrected chi connectivity index (χ4v) is 2.35. The van der Waals surface area contributed by atoms with Gasteiger partial charge in [0, 0.05) is 6.42 Å². The van der Waals surface area contributed by atoms with Crippen molar-refractivity contribution in [2.45, 2.75) is 45.1 Å². The number of carbonyl (C=O) groups excluding carboxylic acids is 1. The van der Waals surface area contributed by atoms with E-state index < -0.39 is 11.6 Å². The number of fused-ring (bicyclic) bond motifs is 1. The summed E-state index contributed by atoms with van der Waals surface area (Å²) < 4.78 is 5.86. The molecule has 1 aliphatic rings. The van der Waals surface area contributed by atoms with Crippen LogP contribution in [0.5, 0.6) is 5.75 Å². The molecule has 0 bridgehead atoms. The summed E-state index contributed by atoms with van der Waals surface area (Å²) in [6.07, 6.45) is 1.45. The summed E-state index contributed by atoms with van der Waals surface area (Å²) in [5, 5.41) is 8.75. The molecular formula is C15H18O4. The predicted molar refractivity (Wildman–Crippen MR) is 70.7 cm³/mol. The Kier molecular flexibility index (Phi) is 3.60. The molecule has 102 valence electrons. The molecule has 1 unspecified atom stereocenters. The van der Waals surface area contributed by atoms with Crippen molar-refractivity contribution >= 4 is 11.8 Å². The van der Waals surface area contributed by atoms with Gasteiger partial charge in [-0.2, -0.15) is 0 Å². The summed E-state index contributed by atoms with van der Waals surface area (Å²) in [5.41, 5.74) is 1.01. The lowest BCUT2D eigenvalue weighted by Gasteiger charge is -2.34. The van der Waals surface area contributed by atoms with Gasteiger partial charge in [-0.15, -0.1) is 0 Å². The van der Waals surface area contributed by atoms with Crippen molar-refractivity contribution in [3.8, 4) is 5.75 Å². The first-order chi connectivity index (χ1) is 8.93. The number of Topliss-reactive ketones (excluding diaryl/α,β-unsaturated/α-hetero) is 1. The third-order valence-electron chi connectivity index (χ3n) is 3.51. The van der Waals surface area contributed by atoms with Gasteiger partial charge in [-0.05, 0) is 37.5 Å². The molecule has 0 saturated heterocycles. The molecule has 0 radical (unpaired) electrons. The largest absolute Gasteiger partial charge is 0.486 e. The zero-order valence-electron chi connectivity index (χ0n) is 11.2. The Morgan fingerprint density at radius 1 is 1.47 bits per heavy atom. The van der Waals surface area contributed by atoms with E-state index in [-0.39, 0.29) is 18.6 Å². The average molecular weight is 262 g/mol.